The van der Waals surface area contributed by atoms with Gasteiger partial charge in [-0.1, -0.05) is 0 Å². The van der Waals surface area contributed by atoms with Crippen LogP contribution < -0.4 is 5.32 Å². The van der Waals surface area contributed by atoms with Crippen LogP contribution in [0.5, 0.6) is 0 Å². The highest BCUT2D eigenvalue weighted by Crippen LogP contribution is 2.27. The molecule has 3 heterocycles. The number of hydrogen-bond donors (Lipinski definition) is 2. The quantitative estimate of drug-likeness (QED) is 0.455. The molecule has 0 unspecified atom stereocenters. The van der Waals surface area contributed by atoms with Crippen molar-refractivity contribution in [1.29, 1.82) is 5.26 Å². The first-order chi connectivity index (χ1) is 15.5. The molecule has 0 spiro atoms. The molecule has 0 bridgehead atoms. The number of benzene rings is 1. The van der Waals surface area contributed by atoms with E-state index in [2.05, 4.69) is 36.5 Å². The number of aromatic nitrogens is 5. The first-order valence-electron chi connectivity index (χ1n) is 9.99. The predicted molar refractivity (Wildman–Crippen MR) is 118 cm³/mol. The lowest BCUT2D eigenvalue weighted by molar-refractivity contribution is 0.311. The van der Waals surface area contributed by atoms with E-state index in [1.54, 1.807) is 18.6 Å². The molecule has 4 aromatic rings. The molecule has 2 N–H and O–H groups in total. The van der Waals surface area contributed by atoms with Crippen molar-refractivity contribution in [2.75, 3.05) is 18.5 Å². The summed E-state index contributed by atoms with van der Waals surface area (Å²) in [7, 11) is 0. The molecule has 9 heteroatoms. The van der Waals surface area contributed by atoms with Gasteiger partial charge in [0.15, 0.2) is 0 Å². The Morgan fingerprint density at radius 1 is 1.03 bits per heavy atom. The first-order valence-corrected chi connectivity index (χ1v) is 9.99. The minimum atomic E-state index is -0.717. The maximum absolute atomic E-state index is 9.39. The van der Waals surface area contributed by atoms with Gasteiger partial charge in [-0.15, -0.1) is 10.2 Å². The van der Waals surface area contributed by atoms with Gasteiger partial charge in [0.25, 0.3) is 5.89 Å². The van der Waals surface area contributed by atoms with Crippen LogP contribution in [0.25, 0.3) is 34.3 Å². The summed E-state index contributed by atoms with van der Waals surface area (Å²) in [6, 6.07) is 13.4. The number of nitrogens with one attached hydrogen (secondary N) is 1. The Kier molecular flexibility index (Phi) is 5.87. The Labute approximate surface area is 184 Å². The molecule has 1 aromatic carbocycles. The van der Waals surface area contributed by atoms with Crippen LogP contribution in [0.15, 0.2) is 59.4 Å². The predicted octanol–water partition coefficient (Wildman–Crippen LogP) is 3.46. The second-order valence-corrected chi connectivity index (χ2v) is 7.60. The van der Waals surface area contributed by atoms with Crippen molar-refractivity contribution < 1.29 is 9.52 Å². The summed E-state index contributed by atoms with van der Waals surface area (Å²) in [5.41, 5.74) is 3.43. The zero-order chi connectivity index (χ0) is 22.6. The highest BCUT2D eigenvalue weighted by molar-refractivity contribution is 5.63. The lowest BCUT2D eigenvalue weighted by Gasteiger charge is -2.15. The van der Waals surface area contributed by atoms with Crippen molar-refractivity contribution >= 4 is 5.69 Å². The minimum Gasteiger partial charge on any atom is -0.415 e. The van der Waals surface area contributed by atoms with Crippen LogP contribution >= 0.6 is 0 Å². The molecule has 9 nitrogen and oxygen atoms in total. The van der Waals surface area contributed by atoms with E-state index in [4.69, 9.17) is 9.52 Å². The standard InChI is InChI=1S/C23H21N7O2/c1-23(2,14-24)20-11-16(7-8-27-20)18-12-25-13-19(28-18)22-30-29-21(32-22)15-3-5-17(6-4-15)26-9-10-31/h3-8,11-13,26,31H,9-10H2,1-2H3. The molecule has 0 amide bonds. The van der Waals surface area contributed by atoms with Gasteiger partial charge in [-0.05, 0) is 50.2 Å². The van der Waals surface area contributed by atoms with Gasteiger partial charge in [0.2, 0.25) is 5.89 Å². The summed E-state index contributed by atoms with van der Waals surface area (Å²) >= 11 is 0. The Morgan fingerprint density at radius 2 is 1.78 bits per heavy atom. The molecule has 0 saturated carbocycles. The zero-order valence-electron chi connectivity index (χ0n) is 17.6. The monoisotopic (exact) mass is 427 g/mol. The molecule has 0 radical (unpaired) electrons. The van der Waals surface area contributed by atoms with Crippen molar-refractivity contribution in [3.63, 3.8) is 0 Å². The summed E-state index contributed by atoms with van der Waals surface area (Å²) in [5.74, 6) is 0.617. The summed E-state index contributed by atoms with van der Waals surface area (Å²) in [4.78, 5) is 13.2. The van der Waals surface area contributed by atoms with Gasteiger partial charge in [0, 0.05) is 29.6 Å². The molecule has 0 saturated heterocycles. The lowest BCUT2D eigenvalue weighted by Crippen LogP contribution is -2.15. The maximum Gasteiger partial charge on any atom is 0.268 e. The highest BCUT2D eigenvalue weighted by Gasteiger charge is 2.22. The first kappa shape index (κ1) is 21.1. The summed E-state index contributed by atoms with van der Waals surface area (Å²) in [6.07, 6.45) is 4.85. The molecule has 0 atom stereocenters. The van der Waals surface area contributed by atoms with E-state index in [-0.39, 0.29) is 12.5 Å². The molecule has 0 aliphatic rings. The van der Waals surface area contributed by atoms with Crippen molar-refractivity contribution in [2.24, 2.45) is 0 Å². The van der Waals surface area contributed by atoms with E-state index in [1.165, 1.54) is 0 Å². The van der Waals surface area contributed by atoms with E-state index in [9.17, 15) is 5.26 Å². The van der Waals surface area contributed by atoms with Crippen LogP contribution in [-0.2, 0) is 5.41 Å². The van der Waals surface area contributed by atoms with Gasteiger partial charge in [-0.3, -0.25) is 9.97 Å². The van der Waals surface area contributed by atoms with E-state index in [0.717, 1.165) is 16.8 Å². The van der Waals surface area contributed by atoms with Crippen molar-refractivity contribution in [3.05, 3.63) is 60.7 Å². The summed E-state index contributed by atoms with van der Waals surface area (Å²) in [6.45, 7) is 4.17. The fourth-order valence-corrected chi connectivity index (χ4v) is 2.97. The molecule has 0 aliphatic carbocycles. The van der Waals surface area contributed by atoms with Crippen molar-refractivity contribution in [1.82, 2.24) is 25.1 Å². The Bertz CT molecular complexity index is 1260. The van der Waals surface area contributed by atoms with Gasteiger partial charge in [0.05, 0.1) is 41.9 Å². The average molecular weight is 427 g/mol. The third-order valence-electron chi connectivity index (χ3n) is 4.83. The van der Waals surface area contributed by atoms with Gasteiger partial charge in [-0.2, -0.15) is 5.26 Å². The number of nitriles is 1. The van der Waals surface area contributed by atoms with Gasteiger partial charge in [-0.25, -0.2) is 4.98 Å². The summed E-state index contributed by atoms with van der Waals surface area (Å²) < 4.78 is 5.82. The molecular weight excluding hydrogens is 406 g/mol. The lowest BCUT2D eigenvalue weighted by atomic mass is 9.90. The van der Waals surface area contributed by atoms with Crippen LogP contribution in [0.4, 0.5) is 5.69 Å². The number of nitrogens with zero attached hydrogens (tertiary/aromatic N) is 6. The molecule has 32 heavy (non-hydrogen) atoms. The van der Waals surface area contributed by atoms with E-state index >= 15 is 0 Å². The van der Waals surface area contributed by atoms with Crippen molar-refractivity contribution in [2.45, 2.75) is 19.3 Å². The number of hydrogen-bond acceptors (Lipinski definition) is 9. The van der Waals surface area contributed by atoms with Crippen LogP contribution in [-0.4, -0.2) is 43.4 Å². The van der Waals surface area contributed by atoms with Crippen LogP contribution in [0.1, 0.15) is 19.5 Å². The third kappa shape index (κ3) is 4.45. The Balaban J connectivity index is 1.59. The molecule has 0 fully saturated rings. The van der Waals surface area contributed by atoms with Crippen LogP contribution in [0.2, 0.25) is 0 Å². The van der Waals surface area contributed by atoms with Crippen molar-refractivity contribution in [3.8, 4) is 40.4 Å². The van der Waals surface area contributed by atoms with Gasteiger partial charge >= 0.3 is 0 Å². The Morgan fingerprint density at radius 3 is 2.53 bits per heavy atom. The smallest absolute Gasteiger partial charge is 0.268 e. The highest BCUT2D eigenvalue weighted by atomic mass is 16.4. The molecule has 0 aliphatic heterocycles. The topological polar surface area (TPSA) is 134 Å². The molecule has 160 valence electrons. The largest absolute Gasteiger partial charge is 0.415 e. The SMILES string of the molecule is CC(C)(C#N)c1cc(-c2cncc(-c3nnc(-c4ccc(NCCO)cc4)o3)n2)ccn1. The minimum absolute atomic E-state index is 0.0613. The number of aliphatic hydroxyl groups excluding tert-OH is 1. The maximum atomic E-state index is 9.39. The molecule has 3 aromatic heterocycles. The second-order valence-electron chi connectivity index (χ2n) is 7.60. The van der Waals surface area contributed by atoms with E-state index < -0.39 is 5.41 Å². The molecule has 4 rings (SSSR count). The number of pyridine rings is 1. The van der Waals surface area contributed by atoms with Crippen LogP contribution in [0.3, 0.4) is 0 Å². The molecular formula is C23H21N7O2. The summed E-state index contributed by atoms with van der Waals surface area (Å²) in [5, 5.41) is 29.6. The Hall–Kier alpha value is -4.16. The van der Waals surface area contributed by atoms with E-state index in [1.807, 2.05) is 50.2 Å². The fourth-order valence-electron chi connectivity index (χ4n) is 2.97. The fraction of sp³-hybridized carbons (Fsp3) is 0.217. The zero-order valence-corrected chi connectivity index (χ0v) is 17.6. The van der Waals surface area contributed by atoms with E-state index in [0.29, 0.717) is 29.5 Å². The number of anilines is 1. The third-order valence-corrected chi connectivity index (χ3v) is 4.83. The number of aliphatic hydroxyl groups is 1. The van der Waals surface area contributed by atoms with Crippen LogP contribution in [0, 0.1) is 11.3 Å². The van der Waals surface area contributed by atoms with Gasteiger partial charge in [0.1, 0.15) is 5.69 Å². The average Bonchev–Trinajstić information content (AvgIpc) is 3.34. The normalized spacial score (nSPS) is 11.2. The van der Waals surface area contributed by atoms with Gasteiger partial charge < -0.3 is 14.8 Å². The number of rotatable bonds is 7. The second kappa shape index (κ2) is 8.91.